The predicted octanol–water partition coefficient (Wildman–Crippen LogP) is -2.70. The second-order valence-electron chi connectivity index (χ2n) is 3.15. The van der Waals surface area contributed by atoms with E-state index in [-0.39, 0.29) is 18.7 Å². The first-order chi connectivity index (χ1) is 7.71. The van der Waals surface area contributed by atoms with E-state index >= 15 is 0 Å². The zero-order valence-corrected chi connectivity index (χ0v) is 10.3. The third-order valence-corrected chi connectivity index (χ3v) is 1.31. The minimum atomic E-state index is -1.39. The topological polar surface area (TPSA) is 187 Å². The molecule has 0 aliphatic carbocycles. The molecule has 0 saturated carbocycles. The summed E-state index contributed by atoms with van der Waals surface area (Å²) in [4.78, 5) is 19.2. The fraction of sp³-hybridized carbons (Fsp3) is 0.778. The number of hydrogen-bond donors (Lipinski definition) is 6. The number of carbonyl (C=O) groups is 2. The van der Waals surface area contributed by atoms with E-state index in [0.29, 0.717) is 0 Å². The summed E-state index contributed by atoms with van der Waals surface area (Å²) in [5, 5.41) is 47.8. The molecule has 8 N–H and O–H groups in total. The van der Waals surface area contributed by atoms with Crippen molar-refractivity contribution >= 4 is 11.9 Å². The van der Waals surface area contributed by atoms with Crippen LogP contribution >= 0.6 is 0 Å². The van der Waals surface area contributed by atoms with Crippen LogP contribution in [0.3, 0.4) is 0 Å². The summed E-state index contributed by atoms with van der Waals surface area (Å²) < 4.78 is 0. The van der Waals surface area contributed by atoms with Gasteiger partial charge in [-0.15, -0.1) is 0 Å². The van der Waals surface area contributed by atoms with Crippen molar-refractivity contribution in [2.75, 3.05) is 26.4 Å². The van der Waals surface area contributed by atoms with Gasteiger partial charge < -0.3 is 36.1 Å². The maximum absolute atomic E-state index is 10.2. The van der Waals surface area contributed by atoms with E-state index in [2.05, 4.69) is 0 Å². The van der Waals surface area contributed by atoms with Crippen LogP contribution in [0.4, 0.5) is 0 Å². The Labute approximate surface area is 104 Å². The first-order valence-corrected chi connectivity index (χ1v) is 4.58. The Bertz CT molecular complexity index is 194. The van der Waals surface area contributed by atoms with Crippen molar-refractivity contribution in [3.05, 3.63) is 0 Å². The highest BCUT2D eigenvalue weighted by Crippen LogP contribution is 2.12. The molecule has 0 heterocycles. The molecule has 0 atom stereocenters. The maximum atomic E-state index is 10.2. The van der Waals surface area contributed by atoms with Crippen molar-refractivity contribution in [1.82, 2.24) is 0 Å². The minimum Gasteiger partial charge on any atom is -0.481 e. The second kappa shape index (κ2) is 15.7. The molecule has 0 rings (SSSR count). The molecule has 0 radical (unpaired) electrons. The number of aliphatic hydroxyl groups is 4. The SMILES string of the molecule is CC(=O)O.CC(CO)(CO)C(=O)O.O.OCCO. The van der Waals surface area contributed by atoms with Gasteiger partial charge in [0.2, 0.25) is 0 Å². The van der Waals surface area contributed by atoms with E-state index < -0.39 is 30.6 Å². The smallest absolute Gasteiger partial charge is 0.314 e. The van der Waals surface area contributed by atoms with Crippen molar-refractivity contribution in [2.24, 2.45) is 5.41 Å². The molecular formula is C9H22O9. The van der Waals surface area contributed by atoms with Gasteiger partial charge in [-0.25, -0.2) is 0 Å². The predicted molar refractivity (Wildman–Crippen MR) is 61.0 cm³/mol. The molecule has 9 heteroatoms. The van der Waals surface area contributed by atoms with Gasteiger partial charge in [0.15, 0.2) is 0 Å². The molecule has 0 aromatic rings. The van der Waals surface area contributed by atoms with Crippen LogP contribution in [0.5, 0.6) is 0 Å². The van der Waals surface area contributed by atoms with Crippen molar-refractivity contribution in [1.29, 1.82) is 0 Å². The Hall–Kier alpha value is -1.26. The van der Waals surface area contributed by atoms with Crippen molar-refractivity contribution in [3.8, 4) is 0 Å². The van der Waals surface area contributed by atoms with Crippen LogP contribution in [0.25, 0.3) is 0 Å². The molecule has 0 saturated heterocycles. The van der Waals surface area contributed by atoms with E-state index in [0.717, 1.165) is 6.92 Å². The summed E-state index contributed by atoms with van der Waals surface area (Å²) >= 11 is 0. The van der Waals surface area contributed by atoms with E-state index in [4.69, 9.17) is 35.4 Å². The van der Waals surface area contributed by atoms with Gasteiger partial charge in [0.25, 0.3) is 5.97 Å². The van der Waals surface area contributed by atoms with E-state index in [1.165, 1.54) is 6.92 Å². The summed E-state index contributed by atoms with van der Waals surface area (Å²) in [7, 11) is 0. The third kappa shape index (κ3) is 20.2. The highest BCUT2D eigenvalue weighted by molar-refractivity contribution is 5.74. The van der Waals surface area contributed by atoms with Crippen molar-refractivity contribution in [3.63, 3.8) is 0 Å². The fourth-order valence-electron chi connectivity index (χ4n) is 0.185. The van der Waals surface area contributed by atoms with Gasteiger partial charge in [-0.3, -0.25) is 9.59 Å². The van der Waals surface area contributed by atoms with Gasteiger partial charge in [0.05, 0.1) is 26.4 Å². The summed E-state index contributed by atoms with van der Waals surface area (Å²) in [5.41, 5.74) is -1.39. The van der Waals surface area contributed by atoms with Crippen LogP contribution in [0.15, 0.2) is 0 Å². The average molecular weight is 274 g/mol. The lowest BCUT2D eigenvalue weighted by molar-refractivity contribution is -0.152. The molecule has 0 fully saturated rings. The fourth-order valence-corrected chi connectivity index (χ4v) is 0.185. The van der Waals surface area contributed by atoms with Crippen LogP contribution in [-0.4, -0.2) is 74.5 Å². The van der Waals surface area contributed by atoms with E-state index in [1.54, 1.807) is 0 Å². The molecule has 9 nitrogen and oxygen atoms in total. The maximum Gasteiger partial charge on any atom is 0.314 e. The molecule has 0 aromatic heterocycles. The zero-order chi connectivity index (χ0) is 14.5. The number of hydrogen-bond acceptors (Lipinski definition) is 6. The number of rotatable bonds is 4. The Morgan fingerprint density at radius 2 is 1.17 bits per heavy atom. The Morgan fingerprint density at radius 1 is 0.944 bits per heavy atom. The average Bonchev–Trinajstić information content (AvgIpc) is 2.27. The summed E-state index contributed by atoms with van der Waals surface area (Å²) in [6, 6.07) is 0. The molecule has 0 aromatic carbocycles. The third-order valence-electron chi connectivity index (χ3n) is 1.31. The highest BCUT2D eigenvalue weighted by Gasteiger charge is 2.31. The first kappa shape index (κ1) is 25.6. The normalized spacial score (nSPS) is 8.78. The van der Waals surface area contributed by atoms with Gasteiger partial charge in [0, 0.05) is 6.92 Å². The van der Waals surface area contributed by atoms with Crippen LogP contribution in [0.2, 0.25) is 0 Å². The Balaban J connectivity index is -0.0000000922. The van der Waals surface area contributed by atoms with Crippen LogP contribution in [-0.2, 0) is 9.59 Å². The quantitative estimate of drug-likeness (QED) is 0.319. The minimum absolute atomic E-state index is 0. The second-order valence-corrected chi connectivity index (χ2v) is 3.15. The largest absolute Gasteiger partial charge is 0.481 e. The Morgan fingerprint density at radius 3 is 1.17 bits per heavy atom. The molecule has 0 spiro atoms. The molecule has 0 aliphatic rings. The van der Waals surface area contributed by atoms with Gasteiger partial charge in [-0.05, 0) is 6.92 Å². The first-order valence-electron chi connectivity index (χ1n) is 4.58. The zero-order valence-electron chi connectivity index (χ0n) is 10.3. The van der Waals surface area contributed by atoms with Crippen molar-refractivity contribution in [2.45, 2.75) is 13.8 Å². The monoisotopic (exact) mass is 274 g/mol. The molecule has 0 aliphatic heterocycles. The highest BCUT2D eigenvalue weighted by atomic mass is 16.4. The lowest BCUT2D eigenvalue weighted by Crippen LogP contribution is -2.35. The molecule has 18 heavy (non-hydrogen) atoms. The van der Waals surface area contributed by atoms with Crippen LogP contribution in [0, 0.1) is 5.41 Å². The molecule has 0 amide bonds. The summed E-state index contributed by atoms with van der Waals surface area (Å²) in [5.74, 6) is -2.02. The molecule has 112 valence electrons. The van der Waals surface area contributed by atoms with Gasteiger partial charge in [-0.2, -0.15) is 0 Å². The molecular weight excluding hydrogens is 252 g/mol. The van der Waals surface area contributed by atoms with Crippen molar-refractivity contribution < 1.29 is 45.7 Å². The molecule has 0 bridgehead atoms. The van der Waals surface area contributed by atoms with E-state index in [9.17, 15) is 4.79 Å². The van der Waals surface area contributed by atoms with Gasteiger partial charge in [-0.1, -0.05) is 0 Å². The van der Waals surface area contributed by atoms with Crippen LogP contribution < -0.4 is 0 Å². The number of carboxylic acid groups (broad SMARTS) is 2. The number of aliphatic hydroxyl groups excluding tert-OH is 4. The number of aliphatic carboxylic acids is 2. The standard InChI is InChI=1S/C5H10O4.C2H4O2.C2H6O2.H2O/c1-5(2-6,3-7)4(8)9;1-2(3)4;3-1-2-4;/h6-7H,2-3H2,1H3,(H,8,9);1H3,(H,3,4);3-4H,1-2H2;1H2. The summed E-state index contributed by atoms with van der Waals surface area (Å²) in [6.07, 6.45) is 0. The van der Waals surface area contributed by atoms with Crippen LogP contribution in [0.1, 0.15) is 13.8 Å². The Kier molecular flexibility index (Phi) is 22.3. The lowest BCUT2D eigenvalue weighted by atomic mass is 9.94. The lowest BCUT2D eigenvalue weighted by Gasteiger charge is -2.17. The van der Waals surface area contributed by atoms with E-state index in [1.807, 2.05) is 0 Å². The summed E-state index contributed by atoms with van der Waals surface area (Å²) in [6.45, 7) is 1.02. The number of carboxylic acids is 2. The van der Waals surface area contributed by atoms with Gasteiger partial charge >= 0.3 is 5.97 Å². The van der Waals surface area contributed by atoms with Gasteiger partial charge in [0.1, 0.15) is 5.41 Å². The molecule has 0 unspecified atom stereocenters.